The Hall–Kier alpha value is -4.26. The van der Waals surface area contributed by atoms with Gasteiger partial charge < -0.3 is 20.1 Å². The van der Waals surface area contributed by atoms with E-state index in [1.54, 1.807) is 14.2 Å². The fraction of sp³-hybridized carbons (Fsp3) is 0.154. The Kier molecular flexibility index (Phi) is 5.44. The summed E-state index contributed by atoms with van der Waals surface area (Å²) in [7, 11) is 3.22. The van der Waals surface area contributed by atoms with Gasteiger partial charge in [-0.15, -0.1) is 0 Å². The molecular formula is C26H24N4O3. The lowest BCUT2D eigenvalue weighted by atomic mass is 10.0. The number of anilines is 1. The van der Waals surface area contributed by atoms with Crippen molar-refractivity contribution in [2.75, 3.05) is 19.5 Å². The Balaban J connectivity index is 1.58. The smallest absolute Gasteiger partial charge is 0.255 e. The molecule has 1 amide bonds. The highest BCUT2D eigenvalue weighted by Gasteiger charge is 2.28. The number of para-hydroxylation sites is 1. The molecule has 1 unspecified atom stereocenters. The Morgan fingerprint density at radius 3 is 2.45 bits per heavy atom. The summed E-state index contributed by atoms with van der Waals surface area (Å²) in [6.45, 7) is 0.610. The number of ether oxygens (including phenoxy) is 2. The van der Waals surface area contributed by atoms with Crippen molar-refractivity contribution in [3.05, 3.63) is 95.7 Å². The molecule has 1 aliphatic rings. The third kappa shape index (κ3) is 4.01. The van der Waals surface area contributed by atoms with Gasteiger partial charge in [0, 0.05) is 23.0 Å². The Morgan fingerprint density at radius 1 is 0.909 bits per heavy atom. The third-order valence-electron chi connectivity index (χ3n) is 5.69. The number of benzene rings is 3. The minimum Gasteiger partial charge on any atom is -0.493 e. The van der Waals surface area contributed by atoms with Crippen molar-refractivity contribution in [3.8, 4) is 22.8 Å². The van der Waals surface area contributed by atoms with Crippen LogP contribution in [0, 0.1) is 0 Å². The Bertz CT molecular complexity index is 1300. The highest BCUT2D eigenvalue weighted by atomic mass is 16.5. The Labute approximate surface area is 192 Å². The number of methoxy groups -OCH3 is 2. The molecular weight excluding hydrogens is 416 g/mol. The van der Waals surface area contributed by atoms with Gasteiger partial charge in [0.05, 0.1) is 32.0 Å². The molecule has 2 N–H and O–H groups in total. The number of carbonyl (C=O) groups is 1. The standard InChI is InChI=1S/C26H24N4O3/c1-32-22-13-12-18(14-23(22)33-2)24-20(16-30(29-24)15-17-8-4-3-5-9-17)25-27-21-11-7-6-10-19(21)26(31)28-25/h3-14,16,25,27H,15H2,1-2H3,(H,28,31). The molecule has 0 fully saturated rings. The highest BCUT2D eigenvalue weighted by molar-refractivity contribution is 6.01. The molecule has 7 heteroatoms. The lowest BCUT2D eigenvalue weighted by Gasteiger charge is -2.27. The summed E-state index contributed by atoms with van der Waals surface area (Å²) in [4.78, 5) is 12.8. The molecule has 4 aromatic rings. The molecule has 33 heavy (non-hydrogen) atoms. The number of nitrogens with one attached hydrogen (secondary N) is 2. The molecule has 0 spiro atoms. The predicted octanol–water partition coefficient (Wildman–Crippen LogP) is 4.47. The van der Waals surface area contributed by atoms with E-state index in [0.29, 0.717) is 23.6 Å². The molecule has 1 aromatic heterocycles. The third-order valence-corrected chi connectivity index (χ3v) is 5.69. The first-order chi connectivity index (χ1) is 16.2. The fourth-order valence-electron chi connectivity index (χ4n) is 4.07. The van der Waals surface area contributed by atoms with Gasteiger partial charge >= 0.3 is 0 Å². The molecule has 2 heterocycles. The van der Waals surface area contributed by atoms with Crippen molar-refractivity contribution >= 4 is 11.6 Å². The van der Waals surface area contributed by atoms with Crippen LogP contribution in [0.3, 0.4) is 0 Å². The number of hydrogen-bond acceptors (Lipinski definition) is 5. The molecule has 1 atom stereocenters. The number of amides is 1. The number of carbonyl (C=O) groups excluding carboxylic acids is 1. The van der Waals surface area contributed by atoms with E-state index in [2.05, 4.69) is 22.8 Å². The second-order valence-electron chi connectivity index (χ2n) is 7.78. The number of fused-ring (bicyclic) bond motifs is 1. The molecule has 166 valence electrons. The zero-order valence-electron chi connectivity index (χ0n) is 18.4. The largest absolute Gasteiger partial charge is 0.493 e. The predicted molar refractivity (Wildman–Crippen MR) is 127 cm³/mol. The summed E-state index contributed by atoms with van der Waals surface area (Å²) >= 11 is 0. The molecule has 0 saturated carbocycles. The zero-order chi connectivity index (χ0) is 22.8. The second kappa shape index (κ2) is 8.70. The minimum absolute atomic E-state index is 0.122. The van der Waals surface area contributed by atoms with Crippen LogP contribution in [0.2, 0.25) is 0 Å². The van der Waals surface area contributed by atoms with Crippen molar-refractivity contribution in [3.63, 3.8) is 0 Å². The van der Waals surface area contributed by atoms with Crippen LogP contribution in [0.15, 0.2) is 79.0 Å². The van der Waals surface area contributed by atoms with E-state index in [-0.39, 0.29) is 5.91 Å². The van der Waals surface area contributed by atoms with Gasteiger partial charge in [0.15, 0.2) is 11.5 Å². The average molecular weight is 441 g/mol. The van der Waals surface area contributed by atoms with Gasteiger partial charge in [0.25, 0.3) is 5.91 Å². The van der Waals surface area contributed by atoms with Crippen LogP contribution in [-0.4, -0.2) is 29.9 Å². The first-order valence-electron chi connectivity index (χ1n) is 10.7. The summed E-state index contributed by atoms with van der Waals surface area (Å²) in [6, 6.07) is 23.3. The van der Waals surface area contributed by atoms with E-state index in [0.717, 1.165) is 28.1 Å². The molecule has 7 nitrogen and oxygen atoms in total. The SMILES string of the molecule is COc1ccc(-c2nn(Cc3ccccc3)cc2C2NC(=O)c3ccccc3N2)cc1OC. The molecule has 0 radical (unpaired) electrons. The van der Waals surface area contributed by atoms with Crippen molar-refractivity contribution in [2.24, 2.45) is 0 Å². The summed E-state index contributed by atoms with van der Waals surface area (Å²) in [6.07, 6.45) is 1.55. The van der Waals surface area contributed by atoms with Crippen LogP contribution >= 0.6 is 0 Å². The van der Waals surface area contributed by atoms with Crippen LogP contribution in [-0.2, 0) is 6.54 Å². The maximum absolute atomic E-state index is 12.8. The lowest BCUT2D eigenvalue weighted by molar-refractivity contribution is 0.0936. The first-order valence-corrected chi connectivity index (χ1v) is 10.7. The highest BCUT2D eigenvalue weighted by Crippen LogP contribution is 2.36. The van der Waals surface area contributed by atoms with Crippen molar-refractivity contribution in [1.82, 2.24) is 15.1 Å². The maximum Gasteiger partial charge on any atom is 0.255 e. The van der Waals surface area contributed by atoms with Crippen LogP contribution in [0.5, 0.6) is 11.5 Å². The number of hydrogen-bond donors (Lipinski definition) is 2. The summed E-state index contributed by atoms with van der Waals surface area (Å²) < 4.78 is 12.8. The normalized spacial score (nSPS) is 14.7. The minimum atomic E-state index is -0.431. The molecule has 0 aliphatic carbocycles. The monoisotopic (exact) mass is 440 g/mol. The molecule has 3 aromatic carbocycles. The second-order valence-corrected chi connectivity index (χ2v) is 7.78. The topological polar surface area (TPSA) is 77.4 Å². The van der Waals surface area contributed by atoms with Gasteiger partial charge in [-0.1, -0.05) is 42.5 Å². The van der Waals surface area contributed by atoms with Gasteiger partial charge in [-0.25, -0.2) is 0 Å². The van der Waals surface area contributed by atoms with Crippen molar-refractivity contribution < 1.29 is 14.3 Å². The van der Waals surface area contributed by atoms with Gasteiger partial charge in [-0.2, -0.15) is 5.10 Å². The van der Waals surface area contributed by atoms with E-state index in [1.807, 2.05) is 71.5 Å². The van der Waals surface area contributed by atoms with Crippen molar-refractivity contribution in [2.45, 2.75) is 12.7 Å². The maximum atomic E-state index is 12.8. The van der Waals surface area contributed by atoms with Crippen LogP contribution in [0.1, 0.15) is 27.7 Å². The lowest BCUT2D eigenvalue weighted by Crippen LogP contribution is -2.38. The van der Waals surface area contributed by atoms with Gasteiger partial charge in [-0.05, 0) is 35.9 Å². The number of aromatic nitrogens is 2. The van der Waals surface area contributed by atoms with E-state index in [9.17, 15) is 4.79 Å². The summed E-state index contributed by atoms with van der Waals surface area (Å²) in [5.41, 5.74) is 5.03. The summed E-state index contributed by atoms with van der Waals surface area (Å²) in [5.74, 6) is 1.14. The van der Waals surface area contributed by atoms with E-state index in [4.69, 9.17) is 14.6 Å². The zero-order valence-corrected chi connectivity index (χ0v) is 18.4. The fourth-order valence-corrected chi connectivity index (χ4v) is 4.07. The Morgan fingerprint density at radius 2 is 1.67 bits per heavy atom. The first kappa shape index (κ1) is 20.6. The van der Waals surface area contributed by atoms with Gasteiger partial charge in [0.1, 0.15) is 6.17 Å². The molecule has 5 rings (SSSR count). The molecule has 0 saturated heterocycles. The molecule has 1 aliphatic heterocycles. The van der Waals surface area contributed by atoms with E-state index < -0.39 is 6.17 Å². The average Bonchev–Trinajstić information content (AvgIpc) is 3.28. The van der Waals surface area contributed by atoms with Crippen LogP contribution in [0.25, 0.3) is 11.3 Å². The quantitative estimate of drug-likeness (QED) is 0.463. The molecule has 0 bridgehead atoms. The van der Waals surface area contributed by atoms with Crippen LogP contribution in [0.4, 0.5) is 5.69 Å². The van der Waals surface area contributed by atoms with Crippen LogP contribution < -0.4 is 20.1 Å². The van der Waals surface area contributed by atoms with E-state index >= 15 is 0 Å². The van der Waals surface area contributed by atoms with Gasteiger partial charge in [0.2, 0.25) is 0 Å². The van der Waals surface area contributed by atoms with Crippen molar-refractivity contribution in [1.29, 1.82) is 0 Å². The summed E-state index contributed by atoms with van der Waals surface area (Å²) in [5, 5.41) is 11.4. The number of rotatable bonds is 6. The van der Waals surface area contributed by atoms with E-state index in [1.165, 1.54) is 0 Å². The van der Waals surface area contributed by atoms with Gasteiger partial charge in [-0.3, -0.25) is 9.48 Å². The number of nitrogens with zero attached hydrogens (tertiary/aromatic N) is 2.